The van der Waals surface area contributed by atoms with Crippen LogP contribution in [-0.4, -0.2) is 23.8 Å². The van der Waals surface area contributed by atoms with Gasteiger partial charge in [-0.05, 0) is 43.7 Å². The zero-order chi connectivity index (χ0) is 21.5. The van der Waals surface area contributed by atoms with E-state index >= 15 is 0 Å². The smallest absolute Gasteiger partial charge is 0.338 e. The van der Waals surface area contributed by atoms with Crippen molar-refractivity contribution in [2.45, 2.75) is 26.4 Å². The van der Waals surface area contributed by atoms with E-state index in [-0.39, 0.29) is 18.1 Å². The summed E-state index contributed by atoms with van der Waals surface area (Å²) >= 11 is 0. The summed E-state index contributed by atoms with van der Waals surface area (Å²) in [6.07, 6.45) is -0.631. The first-order chi connectivity index (χ1) is 14.4. The number of amides is 1. The van der Waals surface area contributed by atoms with Gasteiger partial charge >= 0.3 is 5.97 Å². The van der Waals surface area contributed by atoms with E-state index in [1.165, 1.54) is 0 Å². The van der Waals surface area contributed by atoms with Gasteiger partial charge in [-0.25, -0.2) is 4.79 Å². The second-order valence-corrected chi connectivity index (χ2v) is 7.07. The Kier molecular flexibility index (Phi) is 6.75. The highest BCUT2D eigenvalue weighted by atomic mass is 16.5. The first-order valence-electron chi connectivity index (χ1n) is 9.68. The number of ether oxygens (including phenoxy) is 1. The van der Waals surface area contributed by atoms with E-state index < -0.39 is 12.1 Å². The number of hydrogen-bond acceptors (Lipinski definition) is 4. The number of rotatable bonds is 7. The van der Waals surface area contributed by atoms with E-state index in [4.69, 9.17) is 4.74 Å². The number of anilines is 1. The number of carbonyl (C=O) groups is 3. The van der Waals surface area contributed by atoms with E-state index in [0.29, 0.717) is 16.8 Å². The van der Waals surface area contributed by atoms with Crippen molar-refractivity contribution >= 4 is 23.3 Å². The summed E-state index contributed by atoms with van der Waals surface area (Å²) in [5.41, 5.74) is 3.35. The summed E-state index contributed by atoms with van der Waals surface area (Å²) in [6, 6.07) is 22.9. The second-order valence-electron chi connectivity index (χ2n) is 7.07. The van der Waals surface area contributed by atoms with Crippen LogP contribution in [0.1, 0.15) is 38.8 Å². The highest BCUT2D eigenvalue weighted by Gasteiger charge is 2.20. The van der Waals surface area contributed by atoms with Gasteiger partial charge in [0.1, 0.15) is 0 Å². The number of esters is 1. The van der Waals surface area contributed by atoms with Crippen molar-refractivity contribution in [2.24, 2.45) is 0 Å². The molecule has 0 saturated carbocycles. The summed E-state index contributed by atoms with van der Waals surface area (Å²) < 4.78 is 5.31. The number of hydrogen-bond donors (Lipinski definition) is 1. The molecule has 5 heteroatoms. The fraction of sp³-hybridized carbons (Fsp3) is 0.160. The molecule has 1 N–H and O–H groups in total. The van der Waals surface area contributed by atoms with E-state index in [9.17, 15) is 14.4 Å². The predicted octanol–water partition coefficient (Wildman–Crippen LogP) is 4.60. The molecule has 0 aliphatic heterocycles. The molecule has 0 spiro atoms. The monoisotopic (exact) mass is 401 g/mol. The normalized spacial score (nSPS) is 11.4. The molecule has 0 bridgehead atoms. The number of ketones is 1. The van der Waals surface area contributed by atoms with Crippen molar-refractivity contribution in [3.05, 3.63) is 101 Å². The summed E-state index contributed by atoms with van der Waals surface area (Å²) in [7, 11) is 0. The largest absolute Gasteiger partial charge is 0.451 e. The van der Waals surface area contributed by atoms with Gasteiger partial charge in [-0.3, -0.25) is 9.59 Å². The molecule has 5 nitrogen and oxygen atoms in total. The van der Waals surface area contributed by atoms with Crippen LogP contribution in [0.4, 0.5) is 5.69 Å². The molecule has 3 aromatic carbocycles. The Bertz CT molecular complexity index is 1030. The quantitative estimate of drug-likeness (QED) is 0.464. The Morgan fingerprint density at radius 2 is 1.43 bits per heavy atom. The minimum atomic E-state index is -0.898. The molecule has 0 heterocycles. The molecular weight excluding hydrogens is 378 g/mol. The molecular formula is C25H23NO4. The van der Waals surface area contributed by atoms with Crippen molar-refractivity contribution in [3.8, 4) is 0 Å². The Balaban J connectivity index is 1.56. The summed E-state index contributed by atoms with van der Waals surface area (Å²) in [4.78, 5) is 36.9. The molecule has 0 aliphatic rings. The van der Waals surface area contributed by atoms with E-state index in [1.54, 1.807) is 43.3 Å². The summed E-state index contributed by atoms with van der Waals surface area (Å²) in [6.45, 7) is 3.49. The molecule has 3 aromatic rings. The standard InChI is InChI=1S/C25H23NO4/c1-17-8-10-20(11-9-17)24(28)18(2)30-25(29)21-12-14-22(15-13-21)26-23(27)16-19-6-4-3-5-7-19/h3-15,18H,16H2,1-2H3,(H,26,27)/t18-/m0/s1. The topological polar surface area (TPSA) is 72.5 Å². The molecule has 0 aliphatic carbocycles. The van der Waals surface area contributed by atoms with Crippen LogP contribution in [-0.2, 0) is 16.0 Å². The molecule has 0 aromatic heterocycles. The fourth-order valence-electron chi connectivity index (χ4n) is 2.91. The molecule has 0 radical (unpaired) electrons. The molecule has 3 rings (SSSR count). The zero-order valence-corrected chi connectivity index (χ0v) is 16.9. The molecule has 0 unspecified atom stereocenters. The van der Waals surface area contributed by atoms with Crippen LogP contribution in [0.2, 0.25) is 0 Å². The Labute approximate surface area is 175 Å². The zero-order valence-electron chi connectivity index (χ0n) is 16.9. The summed E-state index contributed by atoms with van der Waals surface area (Å²) in [5, 5.41) is 2.80. The Morgan fingerprint density at radius 1 is 0.833 bits per heavy atom. The van der Waals surface area contributed by atoms with Crippen molar-refractivity contribution < 1.29 is 19.1 Å². The number of benzene rings is 3. The van der Waals surface area contributed by atoms with Crippen molar-refractivity contribution in [2.75, 3.05) is 5.32 Å². The molecule has 30 heavy (non-hydrogen) atoms. The predicted molar refractivity (Wildman–Crippen MR) is 116 cm³/mol. The minimum absolute atomic E-state index is 0.145. The van der Waals surface area contributed by atoms with Gasteiger partial charge in [0.15, 0.2) is 6.10 Å². The Morgan fingerprint density at radius 3 is 2.07 bits per heavy atom. The van der Waals surface area contributed by atoms with E-state index in [1.807, 2.05) is 49.4 Å². The van der Waals surface area contributed by atoms with Crippen molar-refractivity contribution in [1.82, 2.24) is 0 Å². The first-order valence-corrected chi connectivity index (χ1v) is 9.68. The number of carbonyl (C=O) groups excluding carboxylic acids is 3. The van der Waals surface area contributed by atoms with Crippen LogP contribution < -0.4 is 5.32 Å². The van der Waals surface area contributed by atoms with Gasteiger partial charge in [0.2, 0.25) is 11.7 Å². The molecule has 0 fully saturated rings. The maximum Gasteiger partial charge on any atom is 0.338 e. The number of Topliss-reactive ketones (excluding diaryl/α,β-unsaturated/α-hetero) is 1. The Hall–Kier alpha value is -3.73. The fourth-order valence-corrected chi connectivity index (χ4v) is 2.91. The van der Waals surface area contributed by atoms with Gasteiger partial charge in [0.05, 0.1) is 12.0 Å². The van der Waals surface area contributed by atoms with Gasteiger partial charge in [-0.2, -0.15) is 0 Å². The maximum atomic E-state index is 12.4. The lowest BCUT2D eigenvalue weighted by Crippen LogP contribution is -2.24. The van der Waals surface area contributed by atoms with Gasteiger partial charge in [0.25, 0.3) is 0 Å². The van der Waals surface area contributed by atoms with Gasteiger partial charge in [0, 0.05) is 11.3 Å². The lowest BCUT2D eigenvalue weighted by molar-refractivity contribution is -0.115. The van der Waals surface area contributed by atoms with Crippen LogP contribution in [0.5, 0.6) is 0 Å². The van der Waals surface area contributed by atoms with Crippen molar-refractivity contribution in [3.63, 3.8) is 0 Å². The molecule has 152 valence electrons. The third-order valence-corrected chi connectivity index (χ3v) is 4.60. The van der Waals surface area contributed by atoms with E-state index in [0.717, 1.165) is 11.1 Å². The molecule has 1 atom stereocenters. The lowest BCUT2D eigenvalue weighted by Gasteiger charge is -2.13. The van der Waals surface area contributed by atoms with Crippen LogP contribution in [0, 0.1) is 6.92 Å². The third-order valence-electron chi connectivity index (χ3n) is 4.60. The second kappa shape index (κ2) is 9.65. The van der Waals surface area contributed by atoms with Crippen LogP contribution in [0.3, 0.4) is 0 Å². The first kappa shape index (κ1) is 21.0. The number of nitrogens with one attached hydrogen (secondary N) is 1. The van der Waals surface area contributed by atoms with E-state index in [2.05, 4.69) is 5.32 Å². The van der Waals surface area contributed by atoms with Gasteiger partial charge in [-0.1, -0.05) is 60.2 Å². The van der Waals surface area contributed by atoms with Crippen LogP contribution >= 0.6 is 0 Å². The molecule has 0 saturated heterocycles. The summed E-state index contributed by atoms with van der Waals surface area (Å²) in [5.74, 6) is -0.993. The average molecular weight is 401 g/mol. The maximum absolute atomic E-state index is 12.4. The van der Waals surface area contributed by atoms with Crippen molar-refractivity contribution in [1.29, 1.82) is 0 Å². The number of aryl methyl sites for hydroxylation is 1. The van der Waals surface area contributed by atoms with Crippen LogP contribution in [0.15, 0.2) is 78.9 Å². The van der Waals surface area contributed by atoms with Crippen LogP contribution in [0.25, 0.3) is 0 Å². The highest BCUT2D eigenvalue weighted by Crippen LogP contribution is 2.14. The third kappa shape index (κ3) is 5.64. The van der Waals surface area contributed by atoms with Gasteiger partial charge in [-0.15, -0.1) is 0 Å². The minimum Gasteiger partial charge on any atom is -0.451 e. The average Bonchev–Trinajstić information content (AvgIpc) is 2.75. The lowest BCUT2D eigenvalue weighted by atomic mass is 10.1. The van der Waals surface area contributed by atoms with Gasteiger partial charge < -0.3 is 10.1 Å². The SMILES string of the molecule is Cc1ccc(C(=O)[C@H](C)OC(=O)c2ccc(NC(=O)Cc3ccccc3)cc2)cc1. The highest BCUT2D eigenvalue weighted by molar-refractivity contribution is 6.01. The molecule has 1 amide bonds.